The Labute approximate surface area is 209 Å². The van der Waals surface area contributed by atoms with Crippen LogP contribution in [0.15, 0.2) is 48.5 Å². The first kappa shape index (κ1) is 25.1. The number of rotatable bonds is 8. The number of hydrogen-bond donors (Lipinski definition) is 0. The number of hydrogen-bond acceptors (Lipinski definition) is 4. The zero-order chi connectivity index (χ0) is 24.6. The van der Waals surface area contributed by atoms with E-state index in [-0.39, 0.29) is 11.8 Å². The Bertz CT molecular complexity index is 912. The molecule has 6 heteroatoms. The minimum Gasteiger partial charge on any atom is -0.497 e. The summed E-state index contributed by atoms with van der Waals surface area (Å²) in [6, 6.07) is 14.9. The van der Waals surface area contributed by atoms with Crippen LogP contribution in [0.4, 0.5) is 0 Å². The molecule has 0 unspecified atom stereocenters. The molecule has 2 aromatic carbocycles. The van der Waals surface area contributed by atoms with Crippen molar-refractivity contribution in [2.75, 3.05) is 40.4 Å². The fourth-order valence-electron chi connectivity index (χ4n) is 5.42. The standard InChI is InChI=1S/C29H38N2O4/c1-34-26-10-4-8-24(20-26)28(32)30-16-12-22(13-17-30)6-3-7-23-14-18-31(19-15-23)29(33)25-9-5-11-27(21-25)35-2/h4-5,8-11,20-23H,3,6-7,12-19H2,1-2H3. The molecule has 6 nitrogen and oxygen atoms in total. The van der Waals surface area contributed by atoms with Crippen molar-refractivity contribution in [2.45, 2.75) is 44.9 Å². The van der Waals surface area contributed by atoms with E-state index >= 15 is 0 Å². The number of carbonyl (C=O) groups is 2. The molecule has 0 N–H and O–H groups in total. The molecule has 4 rings (SSSR count). The van der Waals surface area contributed by atoms with Gasteiger partial charge < -0.3 is 19.3 Å². The summed E-state index contributed by atoms with van der Waals surface area (Å²) < 4.78 is 10.5. The smallest absolute Gasteiger partial charge is 0.253 e. The van der Waals surface area contributed by atoms with E-state index in [1.807, 2.05) is 58.3 Å². The predicted molar refractivity (Wildman–Crippen MR) is 137 cm³/mol. The van der Waals surface area contributed by atoms with Crippen molar-refractivity contribution in [1.82, 2.24) is 9.80 Å². The maximum atomic E-state index is 12.8. The first-order valence-corrected chi connectivity index (χ1v) is 12.9. The second-order valence-electron chi connectivity index (χ2n) is 9.87. The maximum absolute atomic E-state index is 12.8. The van der Waals surface area contributed by atoms with Crippen molar-refractivity contribution in [3.63, 3.8) is 0 Å². The fraction of sp³-hybridized carbons (Fsp3) is 0.517. The molecule has 2 aliphatic heterocycles. The summed E-state index contributed by atoms with van der Waals surface area (Å²) in [5, 5.41) is 0. The van der Waals surface area contributed by atoms with E-state index in [0.29, 0.717) is 23.0 Å². The van der Waals surface area contributed by atoms with Crippen LogP contribution in [0, 0.1) is 11.8 Å². The second-order valence-corrected chi connectivity index (χ2v) is 9.87. The van der Waals surface area contributed by atoms with Gasteiger partial charge in [-0.15, -0.1) is 0 Å². The van der Waals surface area contributed by atoms with Crippen molar-refractivity contribution < 1.29 is 19.1 Å². The van der Waals surface area contributed by atoms with Gasteiger partial charge in [-0.05, 0) is 73.9 Å². The Balaban J connectivity index is 1.14. The van der Waals surface area contributed by atoms with Crippen LogP contribution >= 0.6 is 0 Å². The second kappa shape index (κ2) is 12.1. The van der Waals surface area contributed by atoms with Gasteiger partial charge in [0, 0.05) is 37.3 Å². The third-order valence-electron chi connectivity index (χ3n) is 7.66. The molecule has 2 aliphatic rings. The van der Waals surface area contributed by atoms with Crippen LogP contribution in [0.1, 0.15) is 65.7 Å². The summed E-state index contributed by atoms with van der Waals surface area (Å²) in [5.74, 6) is 3.08. The topological polar surface area (TPSA) is 59.1 Å². The average molecular weight is 479 g/mol. The van der Waals surface area contributed by atoms with Crippen molar-refractivity contribution in [1.29, 1.82) is 0 Å². The lowest BCUT2D eigenvalue weighted by molar-refractivity contribution is 0.0679. The highest BCUT2D eigenvalue weighted by Crippen LogP contribution is 2.29. The van der Waals surface area contributed by atoms with E-state index in [1.54, 1.807) is 14.2 Å². The number of benzene rings is 2. The Morgan fingerprint density at radius 1 is 0.714 bits per heavy atom. The fourth-order valence-corrected chi connectivity index (χ4v) is 5.42. The van der Waals surface area contributed by atoms with E-state index < -0.39 is 0 Å². The highest BCUT2D eigenvalue weighted by Gasteiger charge is 2.26. The van der Waals surface area contributed by atoms with Crippen LogP contribution < -0.4 is 9.47 Å². The van der Waals surface area contributed by atoms with Gasteiger partial charge in [0.15, 0.2) is 0 Å². The summed E-state index contributed by atoms with van der Waals surface area (Å²) in [5.41, 5.74) is 1.41. The van der Waals surface area contributed by atoms with Crippen molar-refractivity contribution in [2.24, 2.45) is 11.8 Å². The number of carbonyl (C=O) groups excluding carboxylic acids is 2. The minimum atomic E-state index is 0.109. The quantitative estimate of drug-likeness (QED) is 0.518. The molecule has 0 aliphatic carbocycles. The number of piperidine rings is 2. The SMILES string of the molecule is COc1cccc(C(=O)N2CCC(CCCC3CCN(C(=O)c4cccc(OC)c4)CC3)CC2)c1. The Hall–Kier alpha value is -3.02. The normalized spacial score (nSPS) is 17.3. The van der Waals surface area contributed by atoms with Gasteiger partial charge in [-0.3, -0.25) is 9.59 Å². The molecular formula is C29H38N2O4. The van der Waals surface area contributed by atoms with E-state index in [9.17, 15) is 9.59 Å². The summed E-state index contributed by atoms with van der Waals surface area (Å²) >= 11 is 0. The highest BCUT2D eigenvalue weighted by atomic mass is 16.5. The zero-order valence-corrected chi connectivity index (χ0v) is 21.1. The largest absolute Gasteiger partial charge is 0.497 e. The lowest BCUT2D eigenvalue weighted by Gasteiger charge is -2.34. The van der Waals surface area contributed by atoms with Gasteiger partial charge in [-0.1, -0.05) is 31.4 Å². The van der Waals surface area contributed by atoms with Gasteiger partial charge in [-0.25, -0.2) is 0 Å². The van der Waals surface area contributed by atoms with Crippen LogP contribution in [-0.2, 0) is 0 Å². The number of methoxy groups -OCH3 is 2. The minimum absolute atomic E-state index is 0.109. The van der Waals surface area contributed by atoms with E-state index in [2.05, 4.69) is 0 Å². The third kappa shape index (κ3) is 6.56. The number of likely N-dealkylation sites (tertiary alicyclic amines) is 2. The lowest BCUT2D eigenvalue weighted by Crippen LogP contribution is -2.39. The van der Waals surface area contributed by atoms with E-state index in [1.165, 1.54) is 19.3 Å². The molecule has 2 heterocycles. The molecule has 2 aromatic rings. The summed E-state index contributed by atoms with van der Waals surface area (Å²) in [4.78, 5) is 29.6. The summed E-state index contributed by atoms with van der Waals surface area (Å²) in [6.45, 7) is 3.36. The van der Waals surface area contributed by atoms with E-state index in [0.717, 1.165) is 63.4 Å². The van der Waals surface area contributed by atoms with Crippen LogP contribution in [0.25, 0.3) is 0 Å². The highest BCUT2D eigenvalue weighted by molar-refractivity contribution is 5.95. The maximum Gasteiger partial charge on any atom is 0.253 e. The van der Waals surface area contributed by atoms with Crippen molar-refractivity contribution in [3.05, 3.63) is 59.7 Å². The zero-order valence-electron chi connectivity index (χ0n) is 21.1. The summed E-state index contributed by atoms with van der Waals surface area (Å²) in [7, 11) is 3.25. The molecule has 2 fully saturated rings. The van der Waals surface area contributed by atoms with Gasteiger partial charge in [0.25, 0.3) is 11.8 Å². The molecule has 0 spiro atoms. The molecule has 0 bridgehead atoms. The van der Waals surface area contributed by atoms with Gasteiger partial charge in [0.05, 0.1) is 14.2 Å². The molecule has 0 radical (unpaired) electrons. The molecule has 2 saturated heterocycles. The van der Waals surface area contributed by atoms with Gasteiger partial charge >= 0.3 is 0 Å². The number of amides is 2. The van der Waals surface area contributed by atoms with E-state index in [4.69, 9.17) is 9.47 Å². The number of ether oxygens (including phenoxy) is 2. The van der Waals surface area contributed by atoms with Gasteiger partial charge in [-0.2, -0.15) is 0 Å². The van der Waals surface area contributed by atoms with Crippen molar-refractivity contribution >= 4 is 11.8 Å². The first-order chi connectivity index (χ1) is 17.1. The molecule has 35 heavy (non-hydrogen) atoms. The first-order valence-electron chi connectivity index (χ1n) is 12.9. The Kier molecular flexibility index (Phi) is 8.67. The van der Waals surface area contributed by atoms with Crippen LogP contribution in [0.2, 0.25) is 0 Å². The van der Waals surface area contributed by atoms with Gasteiger partial charge in [0.1, 0.15) is 11.5 Å². The monoisotopic (exact) mass is 478 g/mol. The molecule has 188 valence electrons. The van der Waals surface area contributed by atoms with Crippen molar-refractivity contribution in [3.8, 4) is 11.5 Å². The molecule has 2 amide bonds. The van der Waals surface area contributed by atoms with Crippen LogP contribution in [0.3, 0.4) is 0 Å². The predicted octanol–water partition coefficient (Wildman–Crippen LogP) is 5.28. The Morgan fingerprint density at radius 3 is 1.49 bits per heavy atom. The lowest BCUT2D eigenvalue weighted by atomic mass is 9.86. The molecular weight excluding hydrogens is 440 g/mol. The Morgan fingerprint density at radius 2 is 1.11 bits per heavy atom. The van der Waals surface area contributed by atoms with Crippen LogP contribution in [0.5, 0.6) is 11.5 Å². The number of nitrogens with zero attached hydrogens (tertiary/aromatic N) is 2. The molecule has 0 aromatic heterocycles. The average Bonchev–Trinajstić information content (AvgIpc) is 2.93. The molecule has 0 saturated carbocycles. The molecule has 0 atom stereocenters. The van der Waals surface area contributed by atoms with Gasteiger partial charge in [0.2, 0.25) is 0 Å². The summed E-state index contributed by atoms with van der Waals surface area (Å²) in [6.07, 6.45) is 8.07. The van der Waals surface area contributed by atoms with Crippen LogP contribution in [-0.4, -0.2) is 62.0 Å². The third-order valence-corrected chi connectivity index (χ3v) is 7.66.